The Balaban J connectivity index is 1.14. The minimum absolute atomic E-state index is 0.0887. The molecule has 0 aliphatic rings. The summed E-state index contributed by atoms with van der Waals surface area (Å²) in [6.07, 6.45) is 5.07. The van der Waals surface area contributed by atoms with Crippen molar-refractivity contribution in [3.63, 3.8) is 0 Å². The fourth-order valence-corrected chi connectivity index (χ4v) is 10.5. The van der Waals surface area contributed by atoms with E-state index in [-0.39, 0.29) is 55.4 Å². The molecule has 11 rings (SSSR count). The molecule has 0 fully saturated rings. The summed E-state index contributed by atoms with van der Waals surface area (Å²) in [7, 11) is 0. The number of hydrogen-bond acceptors (Lipinski definition) is 2. The summed E-state index contributed by atoms with van der Waals surface area (Å²) in [6.45, 7) is 18.5. The Labute approximate surface area is 482 Å². The molecule has 0 saturated heterocycles. The number of aryl methyl sites for hydroxylation is 3. The molecule has 5 nitrogen and oxygen atoms in total. The third kappa shape index (κ3) is 9.63. The van der Waals surface area contributed by atoms with E-state index >= 15 is 0 Å². The van der Waals surface area contributed by atoms with Gasteiger partial charge in [-0.25, -0.2) is 4.98 Å². The van der Waals surface area contributed by atoms with E-state index in [4.69, 9.17) is 28.9 Å². The van der Waals surface area contributed by atoms with Gasteiger partial charge in [0.05, 0.1) is 40.3 Å². The standard InChI is InChI=1S/C73H74N4O/c1-46-23-21-24-47(2)68(46)50-31-34-64-66(38-50)75(45-76(64)69-60(40-54(72(10,11)12)41-62(69)73(13,14)15)51-36-52(70(4,5)6)39-53(37-51)71(7,8)9)55-27-22-28-56(42-55)78-57-32-33-59-58-29-19-20-30-63(58)77(65(59)43-57)67-35-48(3)61(44-74-67)49-25-17-16-18-26-49/h16-44H,1-15H3/i1D3,2D3,3D3,16D,17D,18D,25D,26D. The topological polar surface area (TPSA) is 35.9 Å². The van der Waals surface area contributed by atoms with E-state index in [0.29, 0.717) is 44.8 Å². The first-order valence-electron chi connectivity index (χ1n) is 33.5. The second-order valence-corrected chi connectivity index (χ2v) is 24.6. The number of rotatable bonds is 8. The fourth-order valence-electron chi connectivity index (χ4n) is 10.5. The van der Waals surface area contributed by atoms with Crippen LogP contribution >= 0.6 is 0 Å². The normalized spacial score (nSPS) is 15.6. The van der Waals surface area contributed by atoms with Gasteiger partial charge in [0.1, 0.15) is 17.3 Å². The van der Waals surface area contributed by atoms with Crippen LogP contribution in [0.4, 0.5) is 0 Å². The molecule has 0 radical (unpaired) electrons. The molecule has 0 saturated carbocycles. The second kappa shape index (κ2) is 19.2. The summed E-state index contributed by atoms with van der Waals surface area (Å²) in [5.41, 5.74) is 9.26. The Hall–Kier alpha value is -8.02. The molecular formula is C73H74N4O. The molecule has 0 unspecified atom stereocenters. The number of pyridine rings is 1. The largest absolute Gasteiger partial charge is 0.458 e. The average molecular weight is 1040 g/mol. The summed E-state index contributed by atoms with van der Waals surface area (Å²) in [4.78, 5) is 4.76. The summed E-state index contributed by atoms with van der Waals surface area (Å²) >= 11 is 0. The van der Waals surface area contributed by atoms with Gasteiger partial charge in [-0.15, -0.1) is 0 Å². The van der Waals surface area contributed by atoms with Crippen molar-refractivity contribution in [1.29, 1.82) is 0 Å². The maximum atomic E-state index is 8.72. The van der Waals surface area contributed by atoms with Crippen molar-refractivity contribution in [3.05, 3.63) is 221 Å². The van der Waals surface area contributed by atoms with Crippen LogP contribution in [-0.2, 0) is 21.7 Å². The van der Waals surface area contributed by atoms with Gasteiger partial charge in [0, 0.05) is 40.9 Å². The number of imidazole rings is 1. The van der Waals surface area contributed by atoms with Crippen molar-refractivity contribution in [2.24, 2.45) is 0 Å². The van der Waals surface area contributed by atoms with Crippen LogP contribution in [-0.4, -0.2) is 14.1 Å². The molecule has 0 aliphatic heterocycles. The minimum atomic E-state index is -2.80. The molecule has 5 heteroatoms. The second-order valence-electron chi connectivity index (χ2n) is 24.6. The highest BCUT2D eigenvalue weighted by atomic mass is 16.5. The van der Waals surface area contributed by atoms with Gasteiger partial charge in [0.15, 0.2) is 0 Å². The van der Waals surface area contributed by atoms with E-state index in [1.165, 1.54) is 41.6 Å². The van der Waals surface area contributed by atoms with E-state index in [2.05, 4.69) is 124 Å². The van der Waals surface area contributed by atoms with Gasteiger partial charge in [-0.3, -0.25) is 13.7 Å². The Kier molecular flexibility index (Phi) is 9.26. The smallest absolute Gasteiger partial charge is 0.269 e. The quantitative estimate of drug-likeness (QED) is 0.112. The van der Waals surface area contributed by atoms with Crippen LogP contribution in [0.1, 0.15) is 141 Å². The van der Waals surface area contributed by atoms with Crippen LogP contribution < -0.4 is 9.30 Å². The van der Waals surface area contributed by atoms with Gasteiger partial charge in [0.25, 0.3) is 6.33 Å². The van der Waals surface area contributed by atoms with E-state index in [1.54, 1.807) is 6.07 Å². The van der Waals surface area contributed by atoms with E-state index in [9.17, 15) is 0 Å². The van der Waals surface area contributed by atoms with Crippen LogP contribution in [0.15, 0.2) is 176 Å². The molecule has 392 valence electrons. The number of benzene rings is 8. The number of nitrogens with zero attached hydrogens (tertiary/aromatic N) is 4. The van der Waals surface area contributed by atoms with Gasteiger partial charge in [-0.05, 0) is 158 Å². The number of fused-ring (bicyclic) bond motifs is 4. The summed E-state index contributed by atoms with van der Waals surface area (Å²) < 4.78 is 133. The fraction of sp³-hybridized carbons (Fsp3) is 0.260. The number of ether oxygens (including phenoxy) is 1. The monoisotopic (exact) mass is 1040 g/mol. The zero-order valence-electron chi connectivity index (χ0n) is 60.6. The van der Waals surface area contributed by atoms with Crippen LogP contribution in [0, 0.1) is 26.9 Å². The Morgan fingerprint density at radius 2 is 1.17 bits per heavy atom. The van der Waals surface area contributed by atoms with E-state index < -0.39 is 56.2 Å². The van der Waals surface area contributed by atoms with Gasteiger partial charge < -0.3 is 4.74 Å². The zero-order valence-corrected chi connectivity index (χ0v) is 46.6. The van der Waals surface area contributed by atoms with Crippen LogP contribution in [0.2, 0.25) is 0 Å². The summed E-state index contributed by atoms with van der Waals surface area (Å²) in [5, 5.41) is 1.63. The third-order valence-corrected chi connectivity index (χ3v) is 14.8. The molecule has 3 aromatic heterocycles. The number of aromatic nitrogens is 4. The lowest BCUT2D eigenvalue weighted by Gasteiger charge is -2.31. The minimum Gasteiger partial charge on any atom is -0.458 e. The maximum Gasteiger partial charge on any atom is 0.269 e. The molecule has 0 spiro atoms. The molecule has 0 aliphatic carbocycles. The van der Waals surface area contributed by atoms with Crippen molar-refractivity contribution < 1.29 is 28.5 Å². The molecule has 3 heterocycles. The average Bonchev–Trinajstić information content (AvgIpc) is 1.44. The molecule has 0 amide bonds. The summed E-state index contributed by atoms with van der Waals surface area (Å²) in [5.74, 6) is 1.04. The molecule has 8 aromatic carbocycles. The highest BCUT2D eigenvalue weighted by Crippen LogP contribution is 2.43. The predicted molar refractivity (Wildman–Crippen MR) is 328 cm³/mol. The van der Waals surface area contributed by atoms with Gasteiger partial charge in [0.2, 0.25) is 0 Å². The van der Waals surface area contributed by atoms with Gasteiger partial charge in [-0.2, -0.15) is 0 Å². The molecule has 78 heavy (non-hydrogen) atoms. The first-order chi connectivity index (χ1) is 42.6. The Morgan fingerprint density at radius 1 is 0.513 bits per heavy atom. The number of para-hydroxylation sites is 1. The molecule has 0 atom stereocenters. The maximum absolute atomic E-state index is 8.72. The highest BCUT2D eigenvalue weighted by molar-refractivity contribution is 6.09. The molecule has 0 N–H and O–H groups in total. The first kappa shape index (κ1) is 37.7. The first-order valence-corrected chi connectivity index (χ1v) is 26.5. The zero-order chi connectivity index (χ0) is 67.1. The lowest BCUT2D eigenvalue weighted by atomic mass is 9.75. The van der Waals surface area contributed by atoms with Crippen molar-refractivity contribution in [2.45, 2.75) is 125 Å². The van der Waals surface area contributed by atoms with Gasteiger partial charge in [-0.1, -0.05) is 198 Å². The molecular weight excluding hydrogens is 949 g/mol. The van der Waals surface area contributed by atoms with Crippen molar-refractivity contribution in [2.75, 3.05) is 0 Å². The SMILES string of the molecule is [2H]c1c([2H])c([2H])c(-c2cnc(-n3c4ccccc4c4ccc(Oc5cccc(-n6[c-][n+](-c7c(-c8cc(C(C)(C)C)cc(C(C)(C)C)c8)cc(C(C)(C)C)cc7C(C)(C)C)c7ccc(-c8c(C([2H])([2H])[2H])cccc8C([2H])([2H])[2H])cc76)c5)cc43)cc2C([2H])([2H])[2H])c([2H])c1[2H]. The van der Waals surface area contributed by atoms with Crippen LogP contribution in [0.25, 0.3) is 83.4 Å². The lowest BCUT2D eigenvalue weighted by Crippen LogP contribution is -2.35. The summed E-state index contributed by atoms with van der Waals surface area (Å²) in [6, 6.07) is 40.7. The lowest BCUT2D eigenvalue weighted by molar-refractivity contribution is -0.572. The Morgan fingerprint density at radius 3 is 1.85 bits per heavy atom. The predicted octanol–water partition coefficient (Wildman–Crippen LogP) is 19.1. The van der Waals surface area contributed by atoms with Crippen molar-refractivity contribution in [3.8, 4) is 62.1 Å². The highest BCUT2D eigenvalue weighted by Gasteiger charge is 2.30. The van der Waals surface area contributed by atoms with Crippen molar-refractivity contribution in [1.82, 2.24) is 14.1 Å². The van der Waals surface area contributed by atoms with Crippen LogP contribution in [0.3, 0.4) is 0 Å². The molecule has 0 bridgehead atoms. The third-order valence-electron chi connectivity index (χ3n) is 14.8. The Bertz CT molecular complexity index is 4690. The van der Waals surface area contributed by atoms with Crippen molar-refractivity contribution >= 4 is 32.8 Å². The van der Waals surface area contributed by atoms with E-state index in [1.807, 2.05) is 88.0 Å². The van der Waals surface area contributed by atoms with Crippen LogP contribution in [0.5, 0.6) is 11.5 Å². The number of hydrogen-bond donors (Lipinski definition) is 0. The van der Waals surface area contributed by atoms with Gasteiger partial charge >= 0.3 is 0 Å². The van der Waals surface area contributed by atoms with E-state index in [0.717, 1.165) is 38.7 Å². The molecule has 11 aromatic rings.